The average Bonchev–Trinajstić information content (AvgIpc) is 3.23. The van der Waals surface area contributed by atoms with Crippen LogP contribution in [0.2, 0.25) is 0 Å². The van der Waals surface area contributed by atoms with Crippen LogP contribution in [0.15, 0.2) is 52.2 Å². The molecule has 1 aromatic carbocycles. The van der Waals surface area contributed by atoms with Crippen LogP contribution in [-0.4, -0.2) is 24.5 Å². The third-order valence-electron chi connectivity index (χ3n) is 4.06. The van der Waals surface area contributed by atoms with E-state index in [0.29, 0.717) is 16.9 Å². The van der Waals surface area contributed by atoms with E-state index in [-0.39, 0.29) is 5.69 Å². The molecule has 0 saturated heterocycles. The van der Waals surface area contributed by atoms with Crippen LogP contribution in [0.25, 0.3) is 17.2 Å². The van der Waals surface area contributed by atoms with Crippen LogP contribution in [0.3, 0.4) is 0 Å². The molecule has 0 saturated carbocycles. The zero-order valence-electron chi connectivity index (χ0n) is 14.6. The van der Waals surface area contributed by atoms with Gasteiger partial charge in [-0.05, 0) is 31.0 Å². The van der Waals surface area contributed by atoms with Gasteiger partial charge in [0.1, 0.15) is 11.3 Å². The predicted molar refractivity (Wildman–Crippen MR) is 101 cm³/mol. The molecule has 27 heavy (non-hydrogen) atoms. The molecule has 4 aromatic rings. The summed E-state index contributed by atoms with van der Waals surface area (Å²) >= 11 is 1.38. The number of nitro groups is 1. The van der Waals surface area contributed by atoms with Crippen molar-refractivity contribution in [3.8, 4) is 11.6 Å². The number of aryl methyl sites for hydroxylation is 2. The van der Waals surface area contributed by atoms with Gasteiger partial charge in [-0.1, -0.05) is 30.0 Å². The molecule has 0 unspecified atom stereocenters. The summed E-state index contributed by atoms with van der Waals surface area (Å²) in [6.07, 6.45) is 1.98. The second-order valence-electron chi connectivity index (χ2n) is 6.07. The SMILES string of the molecule is Cc1ccc2nc(C)c(-c3nnc(SCc4ccc([N+](=O)[O-])cc4)o3)n2c1. The number of pyridine rings is 1. The first-order valence-corrected chi connectivity index (χ1v) is 9.15. The number of aromatic nitrogens is 4. The lowest BCUT2D eigenvalue weighted by molar-refractivity contribution is -0.384. The van der Waals surface area contributed by atoms with E-state index in [4.69, 9.17) is 4.42 Å². The van der Waals surface area contributed by atoms with Crippen molar-refractivity contribution in [1.82, 2.24) is 19.6 Å². The van der Waals surface area contributed by atoms with Crippen LogP contribution < -0.4 is 0 Å². The Labute approximate surface area is 158 Å². The molecule has 0 bridgehead atoms. The second-order valence-corrected chi connectivity index (χ2v) is 6.99. The van der Waals surface area contributed by atoms with Crippen LogP contribution in [0.4, 0.5) is 5.69 Å². The molecule has 9 heteroatoms. The molecule has 0 fully saturated rings. The van der Waals surface area contributed by atoms with Crippen molar-refractivity contribution in [2.45, 2.75) is 24.8 Å². The van der Waals surface area contributed by atoms with Crippen molar-refractivity contribution in [1.29, 1.82) is 0 Å². The summed E-state index contributed by atoms with van der Waals surface area (Å²) in [4.78, 5) is 14.8. The smallest absolute Gasteiger partial charge is 0.277 e. The molecule has 0 amide bonds. The van der Waals surface area contributed by atoms with Gasteiger partial charge < -0.3 is 4.42 Å². The Bertz CT molecular complexity index is 1130. The predicted octanol–water partition coefficient (Wildman–Crippen LogP) is 4.20. The number of imidazole rings is 1. The Morgan fingerprint density at radius 3 is 2.67 bits per heavy atom. The van der Waals surface area contributed by atoms with Crippen LogP contribution in [0.1, 0.15) is 16.8 Å². The molecular weight excluding hydrogens is 366 g/mol. The molecule has 3 aromatic heterocycles. The van der Waals surface area contributed by atoms with Gasteiger partial charge in [-0.2, -0.15) is 0 Å². The Kier molecular flexibility index (Phi) is 4.36. The molecule has 0 aliphatic rings. The quantitative estimate of drug-likeness (QED) is 0.290. The number of rotatable bonds is 5. The standard InChI is InChI=1S/C18H15N5O3S/c1-11-3-8-15-19-12(2)16(22(15)9-11)17-20-21-18(26-17)27-10-13-4-6-14(7-5-13)23(24)25/h3-9H,10H2,1-2H3. The number of nitro benzene ring substituents is 1. The normalized spacial score (nSPS) is 11.2. The van der Waals surface area contributed by atoms with Crippen molar-refractivity contribution in [2.24, 2.45) is 0 Å². The van der Waals surface area contributed by atoms with E-state index in [1.807, 2.05) is 36.6 Å². The first-order chi connectivity index (χ1) is 13.0. The minimum Gasteiger partial charge on any atom is -0.410 e. The first kappa shape index (κ1) is 17.2. The summed E-state index contributed by atoms with van der Waals surface area (Å²) in [5, 5.41) is 19.4. The molecule has 136 valence electrons. The van der Waals surface area contributed by atoms with Gasteiger partial charge in [-0.3, -0.25) is 14.5 Å². The summed E-state index contributed by atoms with van der Waals surface area (Å²) in [6, 6.07) is 10.4. The third kappa shape index (κ3) is 3.41. The zero-order valence-corrected chi connectivity index (χ0v) is 15.4. The van der Waals surface area contributed by atoms with Crippen molar-refractivity contribution >= 4 is 23.1 Å². The summed E-state index contributed by atoms with van der Waals surface area (Å²) in [7, 11) is 0. The first-order valence-electron chi connectivity index (χ1n) is 8.16. The number of hydrogen-bond donors (Lipinski definition) is 0. The molecule has 0 atom stereocenters. The van der Waals surface area contributed by atoms with E-state index < -0.39 is 4.92 Å². The molecule has 4 rings (SSSR count). The number of nitrogens with zero attached hydrogens (tertiary/aromatic N) is 5. The third-order valence-corrected chi connectivity index (χ3v) is 4.95. The number of thioether (sulfide) groups is 1. The Morgan fingerprint density at radius 1 is 1.15 bits per heavy atom. The van der Waals surface area contributed by atoms with E-state index in [1.54, 1.807) is 12.1 Å². The van der Waals surface area contributed by atoms with E-state index >= 15 is 0 Å². The van der Waals surface area contributed by atoms with Crippen molar-refractivity contribution in [3.05, 3.63) is 69.5 Å². The van der Waals surface area contributed by atoms with Gasteiger partial charge in [0, 0.05) is 24.1 Å². The maximum Gasteiger partial charge on any atom is 0.277 e. The van der Waals surface area contributed by atoms with Crippen LogP contribution >= 0.6 is 11.8 Å². The van der Waals surface area contributed by atoms with E-state index in [2.05, 4.69) is 15.2 Å². The maximum atomic E-state index is 10.7. The molecule has 0 spiro atoms. The minimum absolute atomic E-state index is 0.0715. The second kappa shape index (κ2) is 6.84. The lowest BCUT2D eigenvalue weighted by Gasteiger charge is -2.00. The van der Waals surface area contributed by atoms with Crippen LogP contribution in [0, 0.1) is 24.0 Å². The fourth-order valence-corrected chi connectivity index (χ4v) is 3.47. The fourth-order valence-electron chi connectivity index (χ4n) is 2.75. The lowest BCUT2D eigenvalue weighted by Crippen LogP contribution is -1.90. The molecule has 0 radical (unpaired) electrons. The highest BCUT2D eigenvalue weighted by Gasteiger charge is 2.17. The number of fused-ring (bicyclic) bond motifs is 1. The molecular formula is C18H15N5O3S. The summed E-state index contributed by atoms with van der Waals surface area (Å²) in [5.74, 6) is 0.988. The Balaban J connectivity index is 1.55. The average molecular weight is 381 g/mol. The maximum absolute atomic E-state index is 10.7. The molecule has 0 N–H and O–H groups in total. The monoisotopic (exact) mass is 381 g/mol. The molecule has 3 heterocycles. The number of hydrogen-bond acceptors (Lipinski definition) is 7. The van der Waals surface area contributed by atoms with Gasteiger partial charge in [-0.25, -0.2) is 4.98 Å². The Morgan fingerprint density at radius 2 is 1.93 bits per heavy atom. The van der Waals surface area contributed by atoms with E-state index in [9.17, 15) is 10.1 Å². The van der Waals surface area contributed by atoms with Gasteiger partial charge in [-0.15, -0.1) is 10.2 Å². The molecule has 0 aliphatic carbocycles. The highest BCUT2D eigenvalue weighted by atomic mass is 32.2. The van der Waals surface area contributed by atoms with E-state index in [1.165, 1.54) is 23.9 Å². The van der Waals surface area contributed by atoms with Crippen molar-refractivity contribution in [3.63, 3.8) is 0 Å². The lowest BCUT2D eigenvalue weighted by atomic mass is 10.2. The largest absolute Gasteiger partial charge is 0.410 e. The Hall–Kier alpha value is -3.20. The topological polar surface area (TPSA) is 99.4 Å². The zero-order chi connectivity index (χ0) is 19.0. The van der Waals surface area contributed by atoms with Crippen molar-refractivity contribution < 1.29 is 9.34 Å². The van der Waals surface area contributed by atoms with Gasteiger partial charge in [0.15, 0.2) is 0 Å². The van der Waals surface area contributed by atoms with Gasteiger partial charge in [0.25, 0.3) is 16.8 Å². The van der Waals surface area contributed by atoms with Gasteiger partial charge in [0.2, 0.25) is 0 Å². The minimum atomic E-state index is -0.416. The summed E-state index contributed by atoms with van der Waals surface area (Å²) in [6.45, 7) is 3.92. The van der Waals surface area contributed by atoms with E-state index in [0.717, 1.165) is 28.2 Å². The van der Waals surface area contributed by atoms with Gasteiger partial charge >= 0.3 is 0 Å². The highest BCUT2D eigenvalue weighted by molar-refractivity contribution is 7.98. The van der Waals surface area contributed by atoms with Gasteiger partial charge in [0.05, 0.1) is 10.6 Å². The molecule has 0 aliphatic heterocycles. The van der Waals surface area contributed by atoms with Crippen molar-refractivity contribution in [2.75, 3.05) is 0 Å². The van der Waals surface area contributed by atoms with Crippen LogP contribution in [0.5, 0.6) is 0 Å². The van der Waals surface area contributed by atoms with Crippen LogP contribution in [-0.2, 0) is 5.75 Å². The summed E-state index contributed by atoms with van der Waals surface area (Å²) < 4.78 is 7.76. The fraction of sp³-hybridized carbons (Fsp3) is 0.167. The highest BCUT2D eigenvalue weighted by Crippen LogP contribution is 2.28. The number of non-ortho nitro benzene ring substituents is 1. The number of benzene rings is 1. The molecule has 8 nitrogen and oxygen atoms in total. The summed E-state index contributed by atoms with van der Waals surface area (Å²) in [5.41, 5.74) is 4.54.